The van der Waals surface area contributed by atoms with Crippen LogP contribution >= 0.6 is 22.6 Å². The number of hydrogen-bond acceptors (Lipinski definition) is 4. The summed E-state index contributed by atoms with van der Waals surface area (Å²) in [4.78, 5) is 33.8. The van der Waals surface area contributed by atoms with Crippen molar-refractivity contribution in [2.24, 2.45) is 0 Å². The van der Waals surface area contributed by atoms with Crippen LogP contribution in [0, 0.1) is 10.6 Å². The minimum atomic E-state index is -1.11. The number of nitrogens with zero attached hydrogens (tertiary/aromatic N) is 3. The standard InChI is InChI=1S/C16H14IN3O3/c1-8-5-10(6-19-14(8)17)9(2)20-7-12-11(15(20)21)3-4-18-13(12)16(22)23/h3-6,9H,7H2,1-2H3,(H,22,23). The lowest BCUT2D eigenvalue weighted by Crippen LogP contribution is -2.27. The molecular formula is C16H14IN3O3. The summed E-state index contributed by atoms with van der Waals surface area (Å²) in [5.74, 6) is -1.29. The molecule has 1 atom stereocenters. The Bertz CT molecular complexity index is 822. The maximum absolute atomic E-state index is 12.6. The van der Waals surface area contributed by atoms with Gasteiger partial charge in [0.1, 0.15) is 3.70 Å². The Kier molecular flexibility index (Phi) is 4.05. The van der Waals surface area contributed by atoms with Crippen molar-refractivity contribution in [1.29, 1.82) is 0 Å². The monoisotopic (exact) mass is 423 g/mol. The zero-order valence-electron chi connectivity index (χ0n) is 12.6. The van der Waals surface area contributed by atoms with E-state index in [1.807, 2.05) is 19.9 Å². The summed E-state index contributed by atoms with van der Waals surface area (Å²) >= 11 is 2.16. The van der Waals surface area contributed by atoms with Gasteiger partial charge >= 0.3 is 5.97 Å². The van der Waals surface area contributed by atoms with Gasteiger partial charge in [0.05, 0.1) is 6.04 Å². The maximum Gasteiger partial charge on any atom is 0.354 e. The summed E-state index contributed by atoms with van der Waals surface area (Å²) in [6, 6.07) is 3.39. The predicted octanol–water partition coefficient (Wildman–Crippen LogP) is 2.80. The molecule has 23 heavy (non-hydrogen) atoms. The Morgan fingerprint density at radius 2 is 2.17 bits per heavy atom. The molecule has 0 aliphatic carbocycles. The SMILES string of the molecule is Cc1cc(C(C)N2Cc3c(ccnc3C(=O)O)C2=O)cnc1I. The molecule has 2 aromatic rings. The normalized spacial score (nSPS) is 14.7. The molecular weight excluding hydrogens is 409 g/mol. The topological polar surface area (TPSA) is 83.4 Å². The summed E-state index contributed by atoms with van der Waals surface area (Å²) < 4.78 is 0.923. The molecule has 0 aromatic carbocycles. The first-order valence-electron chi connectivity index (χ1n) is 7.04. The van der Waals surface area contributed by atoms with Crippen LogP contribution in [0.1, 0.15) is 50.5 Å². The highest BCUT2D eigenvalue weighted by Gasteiger charge is 2.34. The van der Waals surface area contributed by atoms with Crippen molar-refractivity contribution in [2.75, 3.05) is 0 Å². The van der Waals surface area contributed by atoms with Crippen molar-refractivity contribution < 1.29 is 14.7 Å². The summed E-state index contributed by atoms with van der Waals surface area (Å²) in [6.07, 6.45) is 3.12. The molecule has 118 valence electrons. The van der Waals surface area contributed by atoms with E-state index in [2.05, 4.69) is 32.6 Å². The molecule has 0 fully saturated rings. The van der Waals surface area contributed by atoms with Gasteiger partial charge in [-0.3, -0.25) is 4.79 Å². The number of carbonyl (C=O) groups is 2. The predicted molar refractivity (Wildman–Crippen MR) is 91.2 cm³/mol. The Morgan fingerprint density at radius 1 is 1.43 bits per heavy atom. The fourth-order valence-corrected chi connectivity index (χ4v) is 3.03. The van der Waals surface area contributed by atoms with Crippen molar-refractivity contribution >= 4 is 34.5 Å². The number of carbonyl (C=O) groups excluding carboxylic acids is 1. The Balaban J connectivity index is 1.96. The van der Waals surface area contributed by atoms with E-state index >= 15 is 0 Å². The number of carboxylic acid groups (broad SMARTS) is 1. The average Bonchev–Trinajstić information content (AvgIpc) is 2.86. The van der Waals surface area contributed by atoms with Crippen LogP contribution in [0.4, 0.5) is 0 Å². The van der Waals surface area contributed by atoms with Crippen LogP contribution in [-0.4, -0.2) is 31.9 Å². The number of amides is 1. The Labute approximate surface area is 146 Å². The number of carboxylic acids is 1. The minimum absolute atomic E-state index is 0.0533. The molecule has 1 aliphatic heterocycles. The first-order valence-corrected chi connectivity index (χ1v) is 8.12. The van der Waals surface area contributed by atoms with Gasteiger partial charge in [-0.25, -0.2) is 14.8 Å². The molecule has 0 spiro atoms. The molecule has 2 aromatic heterocycles. The lowest BCUT2D eigenvalue weighted by atomic mass is 10.1. The summed E-state index contributed by atoms with van der Waals surface area (Å²) in [7, 11) is 0. The second kappa shape index (κ2) is 5.88. The average molecular weight is 423 g/mol. The Morgan fingerprint density at radius 3 is 2.83 bits per heavy atom. The van der Waals surface area contributed by atoms with Gasteiger partial charge in [0.15, 0.2) is 5.69 Å². The van der Waals surface area contributed by atoms with Crippen molar-refractivity contribution in [2.45, 2.75) is 26.4 Å². The fraction of sp³-hybridized carbons (Fsp3) is 0.250. The van der Waals surface area contributed by atoms with Crippen LogP contribution in [-0.2, 0) is 6.54 Å². The number of aryl methyl sites for hydroxylation is 1. The van der Waals surface area contributed by atoms with Crippen LogP contribution in [0.2, 0.25) is 0 Å². The molecule has 1 aliphatic rings. The molecule has 1 unspecified atom stereocenters. The van der Waals surface area contributed by atoms with Gasteiger partial charge in [-0.2, -0.15) is 0 Å². The van der Waals surface area contributed by atoms with Crippen molar-refractivity contribution in [3.05, 3.63) is 56.2 Å². The molecule has 1 N–H and O–H groups in total. The van der Waals surface area contributed by atoms with E-state index in [-0.39, 0.29) is 24.2 Å². The van der Waals surface area contributed by atoms with E-state index in [1.54, 1.807) is 17.2 Å². The lowest BCUT2D eigenvalue weighted by molar-refractivity contribution is 0.0678. The number of aromatic nitrogens is 2. The number of rotatable bonds is 3. The van der Waals surface area contributed by atoms with E-state index in [1.165, 1.54) is 6.20 Å². The minimum Gasteiger partial charge on any atom is -0.477 e. The lowest BCUT2D eigenvalue weighted by Gasteiger charge is -2.24. The van der Waals surface area contributed by atoms with E-state index in [4.69, 9.17) is 0 Å². The molecule has 0 radical (unpaired) electrons. The van der Waals surface area contributed by atoms with Crippen molar-refractivity contribution in [1.82, 2.24) is 14.9 Å². The number of halogens is 1. The van der Waals surface area contributed by atoms with E-state index < -0.39 is 5.97 Å². The van der Waals surface area contributed by atoms with Gasteiger partial charge in [-0.05, 0) is 59.7 Å². The number of aromatic carboxylic acids is 1. The second-order valence-electron chi connectivity index (χ2n) is 5.48. The molecule has 3 heterocycles. The highest BCUT2D eigenvalue weighted by atomic mass is 127. The van der Waals surface area contributed by atoms with Gasteiger partial charge < -0.3 is 10.0 Å². The van der Waals surface area contributed by atoms with Crippen LogP contribution in [0.3, 0.4) is 0 Å². The third kappa shape index (κ3) is 2.69. The molecule has 0 saturated carbocycles. The van der Waals surface area contributed by atoms with E-state index in [9.17, 15) is 14.7 Å². The smallest absolute Gasteiger partial charge is 0.354 e. The van der Waals surface area contributed by atoms with Gasteiger partial charge in [0, 0.05) is 30.1 Å². The molecule has 7 heteroatoms. The number of fused-ring (bicyclic) bond motifs is 1. The van der Waals surface area contributed by atoms with Crippen LogP contribution in [0.25, 0.3) is 0 Å². The fourth-order valence-electron chi connectivity index (χ4n) is 2.74. The first kappa shape index (κ1) is 15.9. The Hall–Kier alpha value is -2.03. The maximum atomic E-state index is 12.6. The molecule has 0 saturated heterocycles. The van der Waals surface area contributed by atoms with Crippen LogP contribution < -0.4 is 0 Å². The summed E-state index contributed by atoms with van der Waals surface area (Å²) in [6.45, 7) is 4.13. The zero-order chi connectivity index (χ0) is 16.7. The summed E-state index contributed by atoms with van der Waals surface area (Å²) in [5.41, 5.74) is 2.81. The second-order valence-corrected chi connectivity index (χ2v) is 6.50. The van der Waals surface area contributed by atoms with Gasteiger partial charge in [0.25, 0.3) is 5.91 Å². The van der Waals surface area contributed by atoms with Gasteiger partial charge in [-0.15, -0.1) is 0 Å². The van der Waals surface area contributed by atoms with Crippen LogP contribution in [0.5, 0.6) is 0 Å². The van der Waals surface area contributed by atoms with Crippen molar-refractivity contribution in [3.8, 4) is 0 Å². The van der Waals surface area contributed by atoms with Crippen LogP contribution in [0.15, 0.2) is 24.5 Å². The van der Waals surface area contributed by atoms with Crippen molar-refractivity contribution in [3.63, 3.8) is 0 Å². The third-order valence-electron chi connectivity index (χ3n) is 4.06. The van der Waals surface area contributed by atoms with E-state index in [0.717, 1.165) is 14.8 Å². The third-order valence-corrected chi connectivity index (χ3v) is 5.19. The zero-order valence-corrected chi connectivity index (χ0v) is 14.7. The number of pyridine rings is 2. The molecule has 6 nitrogen and oxygen atoms in total. The molecule has 3 rings (SSSR count). The number of hydrogen-bond donors (Lipinski definition) is 1. The molecule has 0 bridgehead atoms. The first-order chi connectivity index (χ1) is 10.9. The summed E-state index contributed by atoms with van der Waals surface area (Å²) in [5, 5.41) is 9.24. The van der Waals surface area contributed by atoms with Gasteiger partial charge in [0.2, 0.25) is 0 Å². The highest BCUT2D eigenvalue weighted by molar-refractivity contribution is 14.1. The quantitative estimate of drug-likeness (QED) is 0.607. The molecule has 1 amide bonds. The van der Waals surface area contributed by atoms with E-state index in [0.29, 0.717) is 11.1 Å². The largest absolute Gasteiger partial charge is 0.477 e. The van der Waals surface area contributed by atoms with Gasteiger partial charge in [-0.1, -0.05) is 0 Å². The highest BCUT2D eigenvalue weighted by Crippen LogP contribution is 2.32.